The van der Waals surface area contributed by atoms with Crippen LogP contribution >= 0.6 is 0 Å². The van der Waals surface area contributed by atoms with E-state index in [0.717, 1.165) is 44.8 Å². The molecule has 0 atom stereocenters. The molecule has 4 rings (SSSR count). The molecule has 1 heterocycles. The number of hydrogen-bond donors (Lipinski definition) is 1. The first-order chi connectivity index (χ1) is 16.8. The summed E-state index contributed by atoms with van der Waals surface area (Å²) in [6.07, 6.45) is 0. The number of aliphatic hydroxyl groups is 1. The van der Waals surface area contributed by atoms with Crippen LogP contribution in [0.25, 0.3) is 16.7 Å². The molecular formula is C29H33N3O3. The van der Waals surface area contributed by atoms with Gasteiger partial charge < -0.3 is 14.7 Å². The van der Waals surface area contributed by atoms with Gasteiger partial charge in [0.25, 0.3) is 5.91 Å². The second-order valence-electron chi connectivity index (χ2n) is 9.22. The molecule has 0 saturated carbocycles. The van der Waals surface area contributed by atoms with Crippen molar-refractivity contribution in [2.24, 2.45) is 0 Å². The van der Waals surface area contributed by atoms with Crippen molar-refractivity contribution in [3.05, 3.63) is 88.7 Å². The van der Waals surface area contributed by atoms with Crippen LogP contribution in [-0.4, -0.2) is 44.7 Å². The van der Waals surface area contributed by atoms with Gasteiger partial charge in [-0.15, -0.1) is 0 Å². The molecule has 0 aliphatic rings. The molecule has 0 unspecified atom stereocenters. The molecule has 0 fully saturated rings. The summed E-state index contributed by atoms with van der Waals surface area (Å²) in [5, 5.41) is 9.02. The average molecular weight is 472 g/mol. The second-order valence-corrected chi connectivity index (χ2v) is 9.22. The number of aryl methyl sites for hydroxylation is 3. The fraction of sp³-hybridized carbons (Fsp3) is 0.310. The Morgan fingerprint density at radius 2 is 1.69 bits per heavy atom. The Morgan fingerprint density at radius 3 is 2.31 bits per heavy atom. The Morgan fingerprint density at radius 1 is 1.03 bits per heavy atom. The Hall–Kier alpha value is -3.64. The molecule has 0 bridgehead atoms. The molecule has 1 aromatic heterocycles. The number of carbonyl (C=O) groups is 1. The summed E-state index contributed by atoms with van der Waals surface area (Å²) in [4.78, 5) is 20.6. The largest absolute Gasteiger partial charge is 0.491 e. The molecule has 6 heteroatoms. The Balaban J connectivity index is 1.76. The van der Waals surface area contributed by atoms with Crippen LogP contribution in [0.4, 0.5) is 0 Å². The summed E-state index contributed by atoms with van der Waals surface area (Å²) in [5.41, 5.74) is 6.68. The lowest BCUT2D eigenvalue weighted by Gasteiger charge is -2.28. The van der Waals surface area contributed by atoms with Gasteiger partial charge in [0.05, 0.1) is 24.2 Å². The number of nitrogens with zero attached hydrogens (tertiary/aromatic N) is 3. The van der Waals surface area contributed by atoms with Gasteiger partial charge in [0.15, 0.2) is 0 Å². The first kappa shape index (κ1) is 24.5. The van der Waals surface area contributed by atoms with E-state index in [1.54, 1.807) is 0 Å². The number of para-hydroxylation sites is 2. The number of rotatable bonds is 8. The maximum Gasteiger partial charge on any atom is 0.255 e. The smallest absolute Gasteiger partial charge is 0.255 e. The second kappa shape index (κ2) is 10.3. The minimum atomic E-state index is -0.0307. The van der Waals surface area contributed by atoms with Crippen LogP contribution in [0.3, 0.4) is 0 Å². The van der Waals surface area contributed by atoms with Gasteiger partial charge in [-0.3, -0.25) is 9.36 Å². The molecular weight excluding hydrogens is 438 g/mol. The third-order valence-electron chi connectivity index (χ3n) is 6.17. The average Bonchev–Trinajstić information content (AvgIpc) is 3.18. The fourth-order valence-electron chi connectivity index (χ4n) is 4.63. The molecule has 4 aromatic rings. The minimum absolute atomic E-state index is 0.00915. The van der Waals surface area contributed by atoms with Crippen molar-refractivity contribution in [2.45, 2.75) is 47.2 Å². The standard InChI is InChI=1S/C29H33N3O3/c1-19(2)31(29(34)28-21(4)16-20(3)17-22(28)5)18-27-30-25-8-6-7-9-26(25)32(27)23-10-12-24(13-11-23)35-15-14-33/h6-13,16-17,19,33H,14-15,18H2,1-5H3. The summed E-state index contributed by atoms with van der Waals surface area (Å²) >= 11 is 0. The molecule has 0 aliphatic carbocycles. The fourth-order valence-corrected chi connectivity index (χ4v) is 4.63. The zero-order chi connectivity index (χ0) is 25.1. The van der Waals surface area contributed by atoms with E-state index in [1.165, 1.54) is 0 Å². The molecule has 6 nitrogen and oxygen atoms in total. The number of hydrogen-bond acceptors (Lipinski definition) is 4. The predicted octanol–water partition coefficient (Wildman–Crippen LogP) is 5.37. The zero-order valence-corrected chi connectivity index (χ0v) is 21.1. The minimum Gasteiger partial charge on any atom is -0.491 e. The molecule has 0 aliphatic heterocycles. The van der Waals surface area contributed by atoms with Crippen LogP contribution in [0.1, 0.15) is 46.7 Å². The van der Waals surface area contributed by atoms with E-state index in [4.69, 9.17) is 14.8 Å². The lowest BCUT2D eigenvalue weighted by Crippen LogP contribution is -2.38. The molecule has 0 radical (unpaired) electrons. The van der Waals surface area contributed by atoms with Crippen molar-refractivity contribution >= 4 is 16.9 Å². The van der Waals surface area contributed by atoms with Crippen molar-refractivity contribution in [3.63, 3.8) is 0 Å². The van der Waals surface area contributed by atoms with E-state index in [1.807, 2.05) is 81.1 Å². The maximum absolute atomic E-state index is 13.8. The highest BCUT2D eigenvalue weighted by Gasteiger charge is 2.25. The van der Waals surface area contributed by atoms with Gasteiger partial charge in [0.1, 0.15) is 18.2 Å². The number of ether oxygens (including phenoxy) is 1. The first-order valence-electron chi connectivity index (χ1n) is 12.0. The normalized spacial score (nSPS) is 11.3. The zero-order valence-electron chi connectivity index (χ0n) is 21.1. The number of fused-ring (bicyclic) bond motifs is 1. The molecule has 182 valence electrons. The molecule has 3 aromatic carbocycles. The van der Waals surface area contributed by atoms with Crippen LogP contribution in [0.5, 0.6) is 5.75 Å². The monoisotopic (exact) mass is 471 g/mol. The highest BCUT2D eigenvalue weighted by atomic mass is 16.5. The number of amides is 1. The summed E-state index contributed by atoms with van der Waals surface area (Å²) in [6.45, 7) is 10.7. The van der Waals surface area contributed by atoms with E-state index in [-0.39, 0.29) is 25.2 Å². The van der Waals surface area contributed by atoms with Crippen LogP contribution in [0.15, 0.2) is 60.7 Å². The van der Waals surface area contributed by atoms with E-state index < -0.39 is 0 Å². The summed E-state index contributed by atoms with van der Waals surface area (Å²) < 4.78 is 7.62. The number of imidazole rings is 1. The van der Waals surface area contributed by atoms with Gasteiger partial charge in [0.2, 0.25) is 0 Å². The third kappa shape index (κ3) is 5.08. The molecule has 1 amide bonds. The van der Waals surface area contributed by atoms with Gasteiger partial charge in [0, 0.05) is 17.3 Å². The van der Waals surface area contributed by atoms with Gasteiger partial charge in [-0.2, -0.15) is 0 Å². The SMILES string of the molecule is Cc1cc(C)c(C(=O)N(Cc2nc3ccccc3n2-c2ccc(OCCO)cc2)C(C)C)c(C)c1. The lowest BCUT2D eigenvalue weighted by atomic mass is 9.98. The van der Waals surface area contributed by atoms with E-state index >= 15 is 0 Å². The van der Waals surface area contributed by atoms with Crippen LogP contribution in [0, 0.1) is 20.8 Å². The highest BCUT2D eigenvalue weighted by Crippen LogP contribution is 2.26. The number of aliphatic hydroxyl groups excluding tert-OH is 1. The Kier molecular flexibility index (Phi) is 7.22. The quantitative estimate of drug-likeness (QED) is 0.375. The highest BCUT2D eigenvalue weighted by molar-refractivity contribution is 5.97. The number of aromatic nitrogens is 2. The summed E-state index contributed by atoms with van der Waals surface area (Å²) in [5.74, 6) is 1.50. The summed E-state index contributed by atoms with van der Waals surface area (Å²) in [6, 6.07) is 19.8. The van der Waals surface area contributed by atoms with E-state index in [2.05, 4.69) is 23.6 Å². The van der Waals surface area contributed by atoms with Gasteiger partial charge in [-0.25, -0.2) is 4.98 Å². The Labute approximate surface area is 206 Å². The molecule has 0 saturated heterocycles. The van der Waals surface area contributed by atoms with Crippen LogP contribution < -0.4 is 4.74 Å². The third-order valence-corrected chi connectivity index (χ3v) is 6.17. The van der Waals surface area contributed by atoms with Crippen molar-refractivity contribution in [3.8, 4) is 11.4 Å². The van der Waals surface area contributed by atoms with Crippen molar-refractivity contribution in [2.75, 3.05) is 13.2 Å². The molecule has 35 heavy (non-hydrogen) atoms. The predicted molar refractivity (Wildman–Crippen MR) is 139 cm³/mol. The van der Waals surface area contributed by atoms with Crippen molar-refractivity contribution < 1.29 is 14.6 Å². The Bertz CT molecular complexity index is 1320. The molecule has 0 spiro atoms. The van der Waals surface area contributed by atoms with Crippen molar-refractivity contribution in [1.29, 1.82) is 0 Å². The van der Waals surface area contributed by atoms with Crippen molar-refractivity contribution in [1.82, 2.24) is 14.5 Å². The summed E-state index contributed by atoms with van der Waals surface area (Å²) in [7, 11) is 0. The van der Waals surface area contributed by atoms with E-state index in [0.29, 0.717) is 12.3 Å². The number of benzene rings is 3. The maximum atomic E-state index is 13.8. The van der Waals surface area contributed by atoms with Gasteiger partial charge in [-0.05, 0) is 82.1 Å². The van der Waals surface area contributed by atoms with Gasteiger partial charge in [-0.1, -0.05) is 29.8 Å². The topological polar surface area (TPSA) is 67.6 Å². The van der Waals surface area contributed by atoms with E-state index in [9.17, 15) is 4.79 Å². The van der Waals surface area contributed by atoms with Gasteiger partial charge >= 0.3 is 0 Å². The van der Waals surface area contributed by atoms with Crippen LogP contribution in [0.2, 0.25) is 0 Å². The number of carbonyl (C=O) groups excluding carboxylic acids is 1. The first-order valence-corrected chi connectivity index (χ1v) is 12.0. The van der Waals surface area contributed by atoms with Crippen LogP contribution in [-0.2, 0) is 6.54 Å². The lowest BCUT2D eigenvalue weighted by molar-refractivity contribution is 0.0683. The molecule has 1 N–H and O–H groups in total.